The monoisotopic (exact) mass is 260 g/mol. The number of hydrogen-bond acceptors (Lipinski definition) is 2. The molecule has 0 aliphatic heterocycles. The van der Waals surface area contributed by atoms with Crippen molar-refractivity contribution in [3.8, 4) is 6.07 Å². The molecule has 1 rings (SSSR count). The van der Waals surface area contributed by atoms with Gasteiger partial charge in [0.05, 0.1) is 18.2 Å². The molecular formula is C9H7BrF2N2. The third-order valence-electron chi connectivity index (χ3n) is 1.80. The number of halogens is 3. The molecule has 0 saturated heterocycles. The van der Waals surface area contributed by atoms with Crippen molar-refractivity contribution in [2.45, 2.75) is 19.8 Å². The van der Waals surface area contributed by atoms with E-state index in [1.54, 1.807) is 6.92 Å². The summed E-state index contributed by atoms with van der Waals surface area (Å²) in [5, 5.41) is 8.42. The topological polar surface area (TPSA) is 36.7 Å². The van der Waals surface area contributed by atoms with Crippen molar-refractivity contribution in [2.24, 2.45) is 0 Å². The van der Waals surface area contributed by atoms with Gasteiger partial charge in [0.15, 0.2) is 0 Å². The molecule has 2 nitrogen and oxygen atoms in total. The summed E-state index contributed by atoms with van der Waals surface area (Å²) in [5.74, 6) is 0. The van der Waals surface area contributed by atoms with Crippen LogP contribution in [0.15, 0.2) is 10.7 Å². The summed E-state index contributed by atoms with van der Waals surface area (Å²) < 4.78 is 25.4. The van der Waals surface area contributed by atoms with E-state index in [0.29, 0.717) is 15.9 Å². The molecule has 0 N–H and O–H groups in total. The van der Waals surface area contributed by atoms with E-state index in [1.807, 2.05) is 6.07 Å². The largest absolute Gasteiger partial charge is 0.264 e. The number of nitrogens with zero attached hydrogens (tertiary/aromatic N) is 2. The zero-order valence-electron chi connectivity index (χ0n) is 7.39. The molecule has 0 saturated carbocycles. The lowest BCUT2D eigenvalue weighted by atomic mass is 10.1. The first-order chi connectivity index (χ1) is 6.56. The highest BCUT2D eigenvalue weighted by Gasteiger charge is 2.14. The van der Waals surface area contributed by atoms with Crippen LogP contribution in [-0.4, -0.2) is 4.98 Å². The van der Waals surface area contributed by atoms with Crippen LogP contribution in [0, 0.1) is 18.3 Å². The normalized spacial score (nSPS) is 10.3. The summed E-state index contributed by atoms with van der Waals surface area (Å²) in [6.07, 6.45) is -2.50. The van der Waals surface area contributed by atoms with Crippen LogP contribution in [0.3, 0.4) is 0 Å². The van der Waals surface area contributed by atoms with Gasteiger partial charge in [0, 0.05) is 5.56 Å². The van der Waals surface area contributed by atoms with E-state index >= 15 is 0 Å². The Morgan fingerprint density at radius 2 is 2.29 bits per heavy atom. The van der Waals surface area contributed by atoms with E-state index in [-0.39, 0.29) is 12.0 Å². The van der Waals surface area contributed by atoms with Crippen LogP contribution in [0.5, 0.6) is 0 Å². The van der Waals surface area contributed by atoms with E-state index < -0.39 is 6.43 Å². The van der Waals surface area contributed by atoms with E-state index in [1.165, 1.54) is 6.07 Å². The molecule has 1 heterocycles. The highest BCUT2D eigenvalue weighted by molar-refractivity contribution is 9.10. The van der Waals surface area contributed by atoms with Gasteiger partial charge in [0.1, 0.15) is 4.60 Å². The van der Waals surface area contributed by atoms with Gasteiger partial charge < -0.3 is 0 Å². The zero-order valence-corrected chi connectivity index (χ0v) is 8.98. The van der Waals surface area contributed by atoms with Gasteiger partial charge in [0.2, 0.25) is 0 Å². The molecule has 74 valence electrons. The molecule has 14 heavy (non-hydrogen) atoms. The number of rotatable bonds is 2. The van der Waals surface area contributed by atoms with Crippen LogP contribution in [0.1, 0.15) is 23.2 Å². The summed E-state index contributed by atoms with van der Waals surface area (Å²) >= 11 is 3.08. The lowest BCUT2D eigenvalue weighted by Crippen LogP contribution is -1.98. The summed E-state index contributed by atoms with van der Waals surface area (Å²) in [6, 6.07) is 3.14. The first-order valence-electron chi connectivity index (χ1n) is 3.87. The maximum Gasteiger partial charge on any atom is 0.264 e. The van der Waals surface area contributed by atoms with Gasteiger partial charge in [-0.15, -0.1) is 0 Å². The molecular weight excluding hydrogens is 254 g/mol. The fourth-order valence-electron chi connectivity index (χ4n) is 1.05. The Hall–Kier alpha value is -1.02. The second-order valence-corrected chi connectivity index (χ2v) is 3.51. The second kappa shape index (κ2) is 4.47. The number of nitriles is 1. The molecule has 5 heteroatoms. The van der Waals surface area contributed by atoms with Crippen LogP contribution >= 0.6 is 15.9 Å². The van der Waals surface area contributed by atoms with Gasteiger partial charge in [0.25, 0.3) is 6.43 Å². The number of hydrogen-bond donors (Lipinski definition) is 0. The minimum absolute atomic E-state index is 0.0403. The van der Waals surface area contributed by atoms with Crippen molar-refractivity contribution in [3.05, 3.63) is 27.5 Å². The molecule has 0 amide bonds. The van der Waals surface area contributed by atoms with E-state index in [9.17, 15) is 8.78 Å². The van der Waals surface area contributed by atoms with Gasteiger partial charge in [-0.25, -0.2) is 13.8 Å². The van der Waals surface area contributed by atoms with Crippen molar-refractivity contribution >= 4 is 15.9 Å². The van der Waals surface area contributed by atoms with Gasteiger partial charge >= 0.3 is 0 Å². The van der Waals surface area contributed by atoms with E-state index in [2.05, 4.69) is 20.9 Å². The minimum atomic E-state index is -2.54. The molecule has 1 aromatic heterocycles. The standard InChI is InChI=1S/C9H7BrF2N2/c1-5-7(9(11)12)4-6(2-3-13)14-8(5)10/h4,9H,2H2,1H3. The number of alkyl halides is 2. The highest BCUT2D eigenvalue weighted by Crippen LogP contribution is 2.27. The molecule has 1 aromatic rings. The Morgan fingerprint density at radius 3 is 2.79 bits per heavy atom. The van der Waals surface area contributed by atoms with Crippen LogP contribution in [0.25, 0.3) is 0 Å². The quantitative estimate of drug-likeness (QED) is 0.766. The molecule has 0 aromatic carbocycles. The smallest absolute Gasteiger partial charge is 0.245 e. The van der Waals surface area contributed by atoms with E-state index in [4.69, 9.17) is 5.26 Å². The van der Waals surface area contributed by atoms with Crippen molar-refractivity contribution in [2.75, 3.05) is 0 Å². The molecule has 0 aliphatic rings. The maximum atomic E-state index is 12.5. The fraction of sp³-hybridized carbons (Fsp3) is 0.333. The zero-order chi connectivity index (χ0) is 10.7. The molecule has 0 unspecified atom stereocenters. The number of aromatic nitrogens is 1. The molecule has 0 radical (unpaired) electrons. The van der Waals surface area contributed by atoms with Crippen LogP contribution < -0.4 is 0 Å². The SMILES string of the molecule is Cc1c(C(F)F)cc(CC#N)nc1Br. The van der Waals surface area contributed by atoms with Gasteiger partial charge in [-0.05, 0) is 34.5 Å². The lowest BCUT2D eigenvalue weighted by molar-refractivity contribution is 0.150. The van der Waals surface area contributed by atoms with Gasteiger partial charge in [-0.2, -0.15) is 5.26 Å². The molecule has 0 atom stereocenters. The third kappa shape index (κ3) is 2.26. The summed E-state index contributed by atoms with van der Waals surface area (Å²) in [4.78, 5) is 3.97. The van der Waals surface area contributed by atoms with E-state index in [0.717, 1.165) is 0 Å². The minimum Gasteiger partial charge on any atom is -0.245 e. The maximum absolute atomic E-state index is 12.5. The Bertz CT molecular complexity index is 385. The molecule has 0 spiro atoms. The molecule has 0 bridgehead atoms. The Balaban J connectivity index is 3.22. The Labute approximate surface area is 88.7 Å². The fourth-order valence-corrected chi connectivity index (χ4v) is 1.50. The van der Waals surface area contributed by atoms with Crippen molar-refractivity contribution < 1.29 is 8.78 Å². The predicted octanol–water partition coefficient (Wildman–Crippen LogP) is 3.16. The number of pyridine rings is 1. The summed E-state index contributed by atoms with van der Waals surface area (Å²) in [6.45, 7) is 1.56. The third-order valence-corrected chi connectivity index (χ3v) is 2.57. The van der Waals surface area contributed by atoms with Gasteiger partial charge in [-0.1, -0.05) is 0 Å². The average molecular weight is 261 g/mol. The Morgan fingerprint density at radius 1 is 1.64 bits per heavy atom. The van der Waals surface area contributed by atoms with Crippen LogP contribution in [-0.2, 0) is 6.42 Å². The van der Waals surface area contributed by atoms with Gasteiger partial charge in [-0.3, -0.25) is 0 Å². The van der Waals surface area contributed by atoms with Crippen molar-refractivity contribution in [3.63, 3.8) is 0 Å². The predicted molar refractivity (Wildman–Crippen MR) is 50.9 cm³/mol. The summed E-state index contributed by atoms with van der Waals surface area (Å²) in [7, 11) is 0. The molecule has 0 fully saturated rings. The van der Waals surface area contributed by atoms with Crippen LogP contribution in [0.2, 0.25) is 0 Å². The van der Waals surface area contributed by atoms with Crippen molar-refractivity contribution in [1.82, 2.24) is 4.98 Å². The summed E-state index contributed by atoms with van der Waals surface area (Å²) in [5.41, 5.74) is 0.707. The first kappa shape index (κ1) is 11.1. The van der Waals surface area contributed by atoms with Crippen LogP contribution in [0.4, 0.5) is 8.78 Å². The first-order valence-corrected chi connectivity index (χ1v) is 4.66. The average Bonchev–Trinajstić information content (AvgIpc) is 2.11. The van der Waals surface area contributed by atoms with Crippen molar-refractivity contribution in [1.29, 1.82) is 5.26 Å². The Kier molecular flexibility index (Phi) is 3.53. The lowest BCUT2D eigenvalue weighted by Gasteiger charge is -2.07. The second-order valence-electron chi connectivity index (χ2n) is 2.75. The molecule has 0 aliphatic carbocycles. The highest BCUT2D eigenvalue weighted by atomic mass is 79.9.